The summed E-state index contributed by atoms with van der Waals surface area (Å²) in [5, 5.41) is 17.2. The van der Waals surface area contributed by atoms with Crippen molar-refractivity contribution in [2.75, 3.05) is 34.4 Å². The number of aliphatic hydroxyl groups is 1. The number of nitrogens with zero attached hydrogens (tertiary/aromatic N) is 2. The highest BCUT2D eigenvalue weighted by molar-refractivity contribution is 6.25. The molecule has 0 radical (unpaired) electrons. The van der Waals surface area contributed by atoms with Crippen LogP contribution >= 0.6 is 0 Å². The van der Waals surface area contributed by atoms with E-state index in [4.69, 9.17) is 19.4 Å². The number of carbonyl (C=O) groups excluding carboxylic acids is 2. The van der Waals surface area contributed by atoms with Crippen molar-refractivity contribution < 1.29 is 34.1 Å². The van der Waals surface area contributed by atoms with Gasteiger partial charge in [-0.25, -0.2) is 4.79 Å². The number of allylic oxidation sites excluding steroid dienone is 2. The Hall–Kier alpha value is -2.43. The smallest absolute Gasteiger partial charge is 0.402 e. The number of carbonyl (C=O) groups is 3. The number of rotatable bonds is 3. The molecular formula is C17H23N3O7. The van der Waals surface area contributed by atoms with E-state index in [1.807, 2.05) is 11.9 Å². The van der Waals surface area contributed by atoms with E-state index in [9.17, 15) is 14.7 Å². The Labute approximate surface area is 155 Å². The molecule has 3 aliphatic heterocycles. The van der Waals surface area contributed by atoms with Gasteiger partial charge in [-0.1, -0.05) is 0 Å². The van der Waals surface area contributed by atoms with Gasteiger partial charge in [0.25, 0.3) is 0 Å². The van der Waals surface area contributed by atoms with E-state index < -0.39 is 17.7 Å². The lowest BCUT2D eigenvalue weighted by Crippen LogP contribution is -2.55. The molecule has 3 heterocycles. The van der Waals surface area contributed by atoms with Crippen molar-refractivity contribution >= 4 is 17.7 Å². The van der Waals surface area contributed by atoms with Crippen LogP contribution in [0.25, 0.3) is 0 Å². The molecule has 0 aromatic rings. The molecular weight excluding hydrogens is 358 g/mol. The van der Waals surface area contributed by atoms with Crippen molar-refractivity contribution in [1.82, 2.24) is 9.80 Å². The molecule has 148 valence electrons. The van der Waals surface area contributed by atoms with Crippen LogP contribution < -0.4 is 5.73 Å². The Bertz CT molecular complexity index is 785. The largest absolute Gasteiger partial charge is 0.492 e. The molecule has 0 aromatic heterocycles. The van der Waals surface area contributed by atoms with Crippen LogP contribution in [0.1, 0.15) is 6.92 Å². The summed E-state index contributed by atoms with van der Waals surface area (Å²) in [6.07, 6.45) is -1.33. The average molecular weight is 381 g/mol. The van der Waals surface area contributed by atoms with Gasteiger partial charge in [-0.2, -0.15) is 0 Å². The van der Waals surface area contributed by atoms with Gasteiger partial charge in [0.1, 0.15) is 0 Å². The van der Waals surface area contributed by atoms with Crippen LogP contribution in [0.15, 0.2) is 22.6 Å². The molecule has 5 atom stereocenters. The minimum atomic E-state index is -1.33. The fourth-order valence-electron chi connectivity index (χ4n) is 4.79. The predicted octanol–water partition coefficient (Wildman–Crippen LogP) is -1.10. The number of piperazine rings is 1. The maximum Gasteiger partial charge on any atom is 0.402 e. The molecule has 27 heavy (non-hydrogen) atoms. The molecule has 10 nitrogen and oxygen atoms in total. The fourth-order valence-corrected chi connectivity index (χ4v) is 4.79. The topological polar surface area (TPSA) is 142 Å². The maximum absolute atomic E-state index is 12.9. The minimum absolute atomic E-state index is 0.0697. The number of ketones is 2. The second-order valence-corrected chi connectivity index (χ2v) is 6.90. The molecule has 0 aromatic carbocycles. The Morgan fingerprint density at radius 3 is 2.41 bits per heavy atom. The van der Waals surface area contributed by atoms with Crippen LogP contribution in [0.4, 0.5) is 4.79 Å². The number of amides is 1. The number of nitrogens with two attached hydrogens (primary N) is 1. The molecule has 0 bridgehead atoms. The van der Waals surface area contributed by atoms with Gasteiger partial charge in [-0.15, -0.1) is 0 Å². The number of primary amides is 1. The zero-order chi connectivity index (χ0) is 20.3. The number of ether oxygens (including phenoxy) is 2. The summed E-state index contributed by atoms with van der Waals surface area (Å²) < 4.78 is 11.0. The molecule has 4 aliphatic rings. The number of likely N-dealkylation sites (N-methyl/N-ethyl adjacent to an activating group) is 1. The summed E-state index contributed by atoms with van der Waals surface area (Å²) in [4.78, 5) is 38.5. The highest BCUT2D eigenvalue weighted by atomic mass is 16.5. The highest BCUT2D eigenvalue weighted by Crippen LogP contribution is 2.58. The second-order valence-electron chi connectivity index (χ2n) is 6.90. The van der Waals surface area contributed by atoms with E-state index >= 15 is 0 Å². The van der Waals surface area contributed by atoms with Gasteiger partial charge in [0.15, 0.2) is 11.5 Å². The standard InChI is InChI=1S/C16H20N2O5.CH3NO2/c1-7-12(20)11-10(13(21)14(7)22-3)8(6-19)16(23-4)15-9(17(15)2)5-18(11)16;2-1(3)4/h8-9,15,19H,5-6H2,1-4H3;2H2,(H,3,4). The lowest BCUT2D eigenvalue weighted by Gasteiger charge is -2.40. The summed E-state index contributed by atoms with van der Waals surface area (Å²) in [7, 11) is 4.96. The summed E-state index contributed by atoms with van der Waals surface area (Å²) >= 11 is 0. The van der Waals surface area contributed by atoms with Crippen LogP contribution in [-0.4, -0.2) is 89.9 Å². The molecule has 1 aliphatic carbocycles. The summed E-state index contributed by atoms with van der Waals surface area (Å²) in [6.45, 7) is 1.97. The summed E-state index contributed by atoms with van der Waals surface area (Å²) in [5.41, 5.74) is 4.21. The number of hydrogen-bond donors (Lipinski definition) is 3. The first kappa shape index (κ1) is 19.3. The van der Waals surface area contributed by atoms with E-state index in [1.54, 1.807) is 14.0 Å². The third-order valence-electron chi connectivity index (χ3n) is 5.89. The van der Waals surface area contributed by atoms with Gasteiger partial charge in [-0.3, -0.25) is 14.5 Å². The van der Waals surface area contributed by atoms with E-state index in [-0.39, 0.29) is 36.0 Å². The zero-order valence-corrected chi connectivity index (χ0v) is 15.6. The van der Waals surface area contributed by atoms with E-state index in [2.05, 4.69) is 10.6 Å². The SMILES string of the molecule is COC1=C(C)C(=O)C2=C(C1=O)C(CO)C1(OC)C3C(CN21)N3C.NC(=O)O. The van der Waals surface area contributed by atoms with Crippen molar-refractivity contribution in [3.8, 4) is 0 Å². The predicted molar refractivity (Wildman–Crippen MR) is 91.3 cm³/mol. The molecule has 2 fully saturated rings. The average Bonchev–Trinajstić information content (AvgIpc) is 3.00. The normalized spacial score (nSPS) is 36.1. The molecule has 2 saturated heterocycles. The lowest BCUT2D eigenvalue weighted by atomic mass is 9.83. The van der Waals surface area contributed by atoms with Crippen LogP contribution in [0.3, 0.4) is 0 Å². The Balaban J connectivity index is 0.000000481. The van der Waals surface area contributed by atoms with E-state index in [0.717, 1.165) is 0 Å². The number of fused-ring (bicyclic) bond motifs is 4. The first-order valence-corrected chi connectivity index (χ1v) is 8.41. The van der Waals surface area contributed by atoms with Gasteiger partial charge in [-0.05, 0) is 14.0 Å². The molecule has 0 saturated carbocycles. The number of carboxylic acid groups (broad SMARTS) is 1. The van der Waals surface area contributed by atoms with Crippen molar-refractivity contribution in [1.29, 1.82) is 0 Å². The van der Waals surface area contributed by atoms with Gasteiger partial charge in [0, 0.05) is 30.8 Å². The number of Topliss-reactive ketones (excluding diaryl/α,β-unsaturated/α-hetero) is 2. The Morgan fingerprint density at radius 1 is 1.33 bits per heavy atom. The van der Waals surface area contributed by atoms with E-state index in [1.165, 1.54) is 7.11 Å². The molecule has 10 heteroatoms. The van der Waals surface area contributed by atoms with Crippen molar-refractivity contribution in [2.45, 2.75) is 24.7 Å². The Kier molecular flexibility index (Phi) is 4.53. The van der Waals surface area contributed by atoms with Crippen LogP contribution in [-0.2, 0) is 19.1 Å². The quantitative estimate of drug-likeness (QED) is 0.410. The minimum Gasteiger partial charge on any atom is -0.492 e. The third-order valence-corrected chi connectivity index (χ3v) is 5.89. The van der Waals surface area contributed by atoms with Gasteiger partial charge < -0.3 is 30.3 Å². The van der Waals surface area contributed by atoms with Crippen molar-refractivity contribution in [3.63, 3.8) is 0 Å². The van der Waals surface area contributed by atoms with Gasteiger partial charge in [0.2, 0.25) is 11.6 Å². The number of aliphatic hydroxyl groups excluding tert-OH is 1. The molecule has 0 spiro atoms. The van der Waals surface area contributed by atoms with Crippen LogP contribution in [0.2, 0.25) is 0 Å². The number of methoxy groups -OCH3 is 2. The lowest BCUT2D eigenvalue weighted by molar-refractivity contribution is -0.144. The maximum atomic E-state index is 12.9. The third kappa shape index (κ3) is 2.33. The fraction of sp³-hybridized carbons (Fsp3) is 0.588. The van der Waals surface area contributed by atoms with Crippen molar-refractivity contribution in [3.05, 3.63) is 22.6 Å². The second kappa shape index (κ2) is 6.32. The molecule has 5 unspecified atom stereocenters. The summed E-state index contributed by atoms with van der Waals surface area (Å²) in [6, 6.07) is 0.358. The van der Waals surface area contributed by atoms with E-state index in [0.29, 0.717) is 23.4 Å². The highest BCUT2D eigenvalue weighted by Gasteiger charge is 2.75. The zero-order valence-electron chi connectivity index (χ0n) is 15.6. The summed E-state index contributed by atoms with van der Waals surface area (Å²) in [5.74, 6) is -1.01. The first-order valence-electron chi connectivity index (χ1n) is 8.41. The van der Waals surface area contributed by atoms with Gasteiger partial charge in [0.05, 0.1) is 31.4 Å². The first-order chi connectivity index (χ1) is 12.7. The molecule has 1 amide bonds. The molecule has 4 N–H and O–H groups in total. The van der Waals surface area contributed by atoms with Crippen LogP contribution in [0.5, 0.6) is 0 Å². The van der Waals surface area contributed by atoms with Gasteiger partial charge >= 0.3 is 6.09 Å². The van der Waals surface area contributed by atoms with Crippen LogP contribution in [0, 0.1) is 5.92 Å². The number of hydrogen-bond acceptors (Lipinski definition) is 8. The molecule has 4 rings (SSSR count). The Morgan fingerprint density at radius 2 is 1.93 bits per heavy atom. The monoisotopic (exact) mass is 381 g/mol. The van der Waals surface area contributed by atoms with Crippen molar-refractivity contribution in [2.24, 2.45) is 11.7 Å².